The van der Waals surface area contributed by atoms with E-state index in [2.05, 4.69) is 0 Å². The normalized spacial score (nSPS) is 3.00. The fourth-order valence-corrected chi connectivity index (χ4v) is 0. The summed E-state index contributed by atoms with van der Waals surface area (Å²) in [6.07, 6.45) is 0. The zero-order valence-corrected chi connectivity index (χ0v) is 1.32. The Morgan fingerprint density at radius 1 is 1.75 bits per heavy atom. The van der Waals surface area contributed by atoms with Gasteiger partial charge in [-0.2, -0.15) is 0 Å². The van der Waals surface area contributed by atoms with Crippen LogP contribution in [0.5, 0.6) is 0 Å². The molecule has 0 heterocycles. The molecule has 0 amide bonds. The molecule has 26 valence electrons. The van der Waals surface area contributed by atoms with Gasteiger partial charge in [0.05, 0.1) is 0 Å². The molecule has 0 aliphatic heterocycles. The molecule has 0 saturated heterocycles. The van der Waals surface area contributed by atoms with Crippen molar-refractivity contribution >= 4 is 11.0 Å². The molecule has 0 aliphatic rings. The predicted molar refractivity (Wildman–Crippen MR) is 19.0 cm³/mol. The highest BCUT2D eigenvalue weighted by Crippen LogP contribution is 0.618. The molecule has 4 heavy (non-hydrogen) atoms. The summed E-state index contributed by atoms with van der Waals surface area (Å²) in [6.45, 7) is 0. The fourth-order valence-electron chi connectivity index (χ4n) is 0. The highest BCUT2D eigenvalue weighted by Gasteiger charge is 1.10. The molecule has 0 spiro atoms. The van der Waals surface area contributed by atoms with Crippen LogP contribution >= 0.6 is 0 Å². The first-order valence-corrected chi connectivity index (χ1v) is 0.408. The number of nitrogens with one attached hydrogen (secondary N) is 1. The molecule has 0 aromatic carbocycles. The third-order valence-corrected chi connectivity index (χ3v) is 0. The maximum atomic E-state index is 8.12. The summed E-state index contributed by atoms with van der Waals surface area (Å²) in [5, 5.41) is 8.38. The molecule has 0 fully saturated rings. The van der Waals surface area contributed by atoms with Gasteiger partial charge in [-0.3, -0.25) is 10.1 Å². The lowest BCUT2D eigenvalue weighted by Crippen LogP contribution is -2.53. The van der Waals surface area contributed by atoms with Crippen LogP contribution in [0.3, 0.4) is 0 Å². The highest BCUT2D eigenvalue weighted by atomic mass is 28.1. The van der Waals surface area contributed by atoms with E-state index in [1.165, 1.54) is 0 Å². The van der Waals surface area contributed by atoms with Crippen LogP contribution in [0.4, 0.5) is 0 Å². The fraction of sp³-hybridized carbons (Fsp3) is 0. The molecular weight excluding hydrogens is 74.1 g/mol. The van der Waals surface area contributed by atoms with Crippen molar-refractivity contribution in [2.75, 3.05) is 0 Å². The second kappa shape index (κ2) is 18.0. The Hall–Kier alpha value is -0.383. The average Bonchev–Trinajstić information content (AvgIpc) is 0.918. The Labute approximate surface area is 27.6 Å². The minimum absolute atomic E-state index is 0. The Balaban J connectivity index is 0. The first-order chi connectivity index (χ1) is 1.41. The maximum absolute atomic E-state index is 8.12. The van der Waals surface area contributed by atoms with Gasteiger partial charge in [0.1, 0.15) is 0 Å². The average molecular weight is 79.1 g/mol. The lowest BCUT2D eigenvalue weighted by molar-refractivity contribution is -0.398. The van der Waals surface area contributed by atoms with Crippen LogP contribution in [-0.4, -0.2) is 11.0 Å². The second-order valence-corrected chi connectivity index (χ2v) is 0.0833. The Morgan fingerprint density at radius 3 is 1.75 bits per heavy atom. The summed E-state index contributed by atoms with van der Waals surface area (Å²) in [7, 11) is 0. The van der Waals surface area contributed by atoms with E-state index in [0.717, 1.165) is 0 Å². The topological polar surface area (TPSA) is 54.1 Å². The first-order valence-electron chi connectivity index (χ1n) is 0.408. The molecule has 0 saturated carbocycles. The van der Waals surface area contributed by atoms with Gasteiger partial charge in [0, 0.05) is 5.34 Å². The minimum Gasteiger partial charge on any atom is -0.267 e. The molecule has 0 rings (SSSR count). The van der Waals surface area contributed by atoms with Gasteiger partial charge in [-0.15, -0.1) is 0 Å². The molecule has 3 nitrogen and oxygen atoms in total. The number of hydrogen-bond acceptors (Lipinski definition) is 2. The predicted octanol–water partition coefficient (Wildman–Crippen LogP) is -3.12. The molecule has 0 aliphatic carbocycles. The number of hydrogen-bond donors (Lipinski definition) is 1. The van der Waals surface area contributed by atoms with Crippen molar-refractivity contribution in [3.8, 4) is 0 Å². The Morgan fingerprint density at radius 2 is 1.75 bits per heavy atom. The van der Waals surface area contributed by atoms with E-state index in [9.17, 15) is 0 Å². The SMILES string of the molecule is O=[NH+][O-].[SiH4]. The summed E-state index contributed by atoms with van der Waals surface area (Å²) in [5.41, 5.74) is 0. The summed E-state index contributed by atoms with van der Waals surface area (Å²) >= 11 is 0. The van der Waals surface area contributed by atoms with Crippen LogP contribution in [0, 0.1) is 10.1 Å². The molecule has 4 heteroatoms. The van der Waals surface area contributed by atoms with Crippen LogP contribution in [-0.2, 0) is 0 Å². The van der Waals surface area contributed by atoms with E-state index >= 15 is 0 Å². The Bertz CT molecular complexity index is 13.5. The van der Waals surface area contributed by atoms with Crippen LogP contribution in [0.25, 0.3) is 0 Å². The minimum atomic E-state index is 0. The monoisotopic (exact) mass is 79.0 g/mol. The highest BCUT2D eigenvalue weighted by molar-refractivity contribution is 5.75. The lowest BCUT2D eigenvalue weighted by Gasteiger charge is -1.36. The smallest absolute Gasteiger partial charge is 0.00366 e. The van der Waals surface area contributed by atoms with E-state index in [1.54, 1.807) is 0 Å². The van der Waals surface area contributed by atoms with Gasteiger partial charge in [0.15, 0.2) is 0 Å². The van der Waals surface area contributed by atoms with Crippen LogP contribution < -0.4 is 5.34 Å². The number of rotatable bonds is 0. The van der Waals surface area contributed by atoms with Crippen molar-refractivity contribution in [2.24, 2.45) is 0 Å². The van der Waals surface area contributed by atoms with Crippen molar-refractivity contribution in [1.29, 1.82) is 0 Å². The van der Waals surface area contributed by atoms with E-state index in [0.29, 0.717) is 0 Å². The summed E-state index contributed by atoms with van der Waals surface area (Å²) < 4.78 is 0. The standard InChI is InChI=1S/HNO2.H4Si/c2-1-3;/h1H;1H4. The molecule has 0 unspecified atom stereocenters. The van der Waals surface area contributed by atoms with E-state index in [1.807, 2.05) is 0 Å². The van der Waals surface area contributed by atoms with Gasteiger partial charge >= 0.3 is 0 Å². The first kappa shape index (κ1) is 9.47. The summed E-state index contributed by atoms with van der Waals surface area (Å²) in [5.74, 6) is 0. The quantitative estimate of drug-likeness (QED) is 0.190. The molecule has 0 atom stereocenters. The van der Waals surface area contributed by atoms with Crippen LogP contribution in [0.2, 0.25) is 0 Å². The molecule has 0 bridgehead atoms. The van der Waals surface area contributed by atoms with Gasteiger partial charge < -0.3 is 0 Å². The van der Waals surface area contributed by atoms with Gasteiger partial charge in [0.25, 0.3) is 0 Å². The van der Waals surface area contributed by atoms with Crippen molar-refractivity contribution in [3.05, 3.63) is 10.1 Å². The molecule has 0 aromatic heterocycles. The van der Waals surface area contributed by atoms with E-state index in [-0.39, 0.29) is 16.3 Å². The zero-order chi connectivity index (χ0) is 2.71. The summed E-state index contributed by atoms with van der Waals surface area (Å²) in [6, 6.07) is 0. The zero-order valence-electron chi connectivity index (χ0n) is 1.32. The van der Waals surface area contributed by atoms with Gasteiger partial charge in [-0.25, -0.2) is 0 Å². The van der Waals surface area contributed by atoms with Crippen LogP contribution in [0.15, 0.2) is 0 Å². The van der Waals surface area contributed by atoms with Gasteiger partial charge in [-0.1, -0.05) is 0 Å². The van der Waals surface area contributed by atoms with Gasteiger partial charge in [-0.05, 0) is 11.0 Å². The van der Waals surface area contributed by atoms with E-state index < -0.39 is 0 Å². The van der Waals surface area contributed by atoms with Crippen molar-refractivity contribution < 1.29 is 5.34 Å². The largest absolute Gasteiger partial charge is 0.267 e. The van der Waals surface area contributed by atoms with Gasteiger partial charge in [0.2, 0.25) is 0 Å². The third-order valence-electron chi connectivity index (χ3n) is 0. The third kappa shape index (κ3) is 4.19. The molecule has 0 aromatic rings. The molecule has 1 N–H and O–H groups in total. The van der Waals surface area contributed by atoms with Crippen LogP contribution in [0.1, 0.15) is 0 Å². The van der Waals surface area contributed by atoms with E-state index in [4.69, 9.17) is 10.1 Å². The second-order valence-electron chi connectivity index (χ2n) is 0.0833. The van der Waals surface area contributed by atoms with Crippen molar-refractivity contribution in [3.63, 3.8) is 0 Å². The molecular formula is H5NO2Si. The Kier molecular flexibility index (Phi) is 42.6. The lowest BCUT2D eigenvalue weighted by atomic mass is 13.4. The van der Waals surface area contributed by atoms with Crippen molar-refractivity contribution in [2.45, 2.75) is 0 Å². The molecule has 0 radical (unpaired) electrons. The summed E-state index contributed by atoms with van der Waals surface area (Å²) in [4.78, 5) is 8.12. The maximum Gasteiger partial charge on any atom is 0.00366 e. The van der Waals surface area contributed by atoms with Crippen molar-refractivity contribution in [1.82, 2.24) is 0 Å².